The molecule has 0 aromatic heterocycles. The molecule has 1 aliphatic heterocycles. The van der Waals surface area contributed by atoms with Crippen LogP contribution in [0.1, 0.15) is 44.1 Å². The van der Waals surface area contributed by atoms with Crippen molar-refractivity contribution in [2.24, 2.45) is 5.92 Å². The van der Waals surface area contributed by atoms with Gasteiger partial charge in [0.05, 0.1) is 7.11 Å². The first-order chi connectivity index (χ1) is 12.2. The van der Waals surface area contributed by atoms with Gasteiger partial charge >= 0.3 is 6.03 Å². The average Bonchev–Trinajstić information content (AvgIpc) is 3.47. The number of aliphatic hydroxyl groups is 1. The number of amides is 2. The van der Waals surface area contributed by atoms with Gasteiger partial charge in [-0.25, -0.2) is 4.79 Å². The summed E-state index contributed by atoms with van der Waals surface area (Å²) in [6, 6.07) is 8.49. The first kappa shape index (κ1) is 18.1. The number of methoxy groups -OCH3 is 1. The zero-order chi connectivity index (χ0) is 17.6. The molecule has 1 aliphatic carbocycles. The molecular formula is C20H30N2O3. The Labute approximate surface area is 150 Å². The van der Waals surface area contributed by atoms with Crippen molar-refractivity contribution >= 4 is 6.03 Å². The third kappa shape index (κ3) is 4.88. The van der Waals surface area contributed by atoms with Gasteiger partial charge in [-0.05, 0) is 68.6 Å². The molecule has 1 saturated carbocycles. The molecule has 5 heteroatoms. The van der Waals surface area contributed by atoms with Crippen molar-refractivity contribution < 1.29 is 14.6 Å². The highest BCUT2D eigenvalue weighted by molar-refractivity contribution is 5.75. The monoisotopic (exact) mass is 346 g/mol. The van der Waals surface area contributed by atoms with Crippen molar-refractivity contribution in [1.82, 2.24) is 10.2 Å². The van der Waals surface area contributed by atoms with Crippen molar-refractivity contribution in [3.05, 3.63) is 29.8 Å². The van der Waals surface area contributed by atoms with Crippen LogP contribution in [-0.2, 0) is 6.42 Å². The Morgan fingerprint density at radius 1 is 1.36 bits per heavy atom. The fourth-order valence-electron chi connectivity index (χ4n) is 3.85. The van der Waals surface area contributed by atoms with E-state index in [4.69, 9.17) is 4.74 Å². The Morgan fingerprint density at radius 3 is 2.92 bits per heavy atom. The van der Waals surface area contributed by atoms with E-state index in [1.807, 2.05) is 17.0 Å². The summed E-state index contributed by atoms with van der Waals surface area (Å²) in [5.41, 5.74) is 1.20. The van der Waals surface area contributed by atoms with Crippen LogP contribution < -0.4 is 10.1 Å². The molecule has 5 nitrogen and oxygen atoms in total. The molecule has 25 heavy (non-hydrogen) atoms. The lowest BCUT2D eigenvalue weighted by molar-refractivity contribution is 0.128. The van der Waals surface area contributed by atoms with Gasteiger partial charge in [-0.15, -0.1) is 0 Å². The van der Waals surface area contributed by atoms with Crippen molar-refractivity contribution in [2.75, 3.05) is 20.3 Å². The zero-order valence-electron chi connectivity index (χ0n) is 15.1. The summed E-state index contributed by atoms with van der Waals surface area (Å²) < 4.78 is 5.31. The van der Waals surface area contributed by atoms with Gasteiger partial charge in [-0.1, -0.05) is 12.1 Å². The summed E-state index contributed by atoms with van der Waals surface area (Å²) in [5, 5.41) is 12.6. The van der Waals surface area contributed by atoms with Crippen LogP contribution in [0, 0.1) is 5.92 Å². The van der Waals surface area contributed by atoms with Crippen molar-refractivity contribution in [2.45, 2.75) is 57.0 Å². The van der Waals surface area contributed by atoms with E-state index in [9.17, 15) is 9.90 Å². The molecule has 138 valence electrons. The van der Waals surface area contributed by atoms with E-state index in [-0.39, 0.29) is 24.7 Å². The molecule has 2 fully saturated rings. The van der Waals surface area contributed by atoms with Crippen LogP contribution in [0.15, 0.2) is 24.3 Å². The molecule has 1 aromatic rings. The summed E-state index contributed by atoms with van der Waals surface area (Å²) in [4.78, 5) is 14.8. The molecule has 1 saturated heterocycles. The fourth-order valence-corrected chi connectivity index (χ4v) is 3.85. The quantitative estimate of drug-likeness (QED) is 0.798. The Hall–Kier alpha value is -1.75. The number of hydrogen-bond donors (Lipinski definition) is 2. The van der Waals surface area contributed by atoms with Crippen LogP contribution in [0.3, 0.4) is 0 Å². The van der Waals surface area contributed by atoms with Crippen molar-refractivity contribution in [3.63, 3.8) is 0 Å². The number of benzene rings is 1. The van der Waals surface area contributed by atoms with Gasteiger partial charge in [-0.2, -0.15) is 0 Å². The van der Waals surface area contributed by atoms with Gasteiger partial charge in [0.25, 0.3) is 0 Å². The molecule has 1 aromatic carbocycles. The lowest BCUT2D eigenvalue weighted by atomic mass is 9.99. The smallest absolute Gasteiger partial charge is 0.317 e. The van der Waals surface area contributed by atoms with E-state index in [2.05, 4.69) is 17.4 Å². The molecular weight excluding hydrogens is 316 g/mol. The van der Waals surface area contributed by atoms with Crippen LogP contribution in [0.5, 0.6) is 5.75 Å². The number of carbonyl (C=O) groups is 1. The van der Waals surface area contributed by atoms with Gasteiger partial charge in [0, 0.05) is 25.2 Å². The predicted molar refractivity (Wildman–Crippen MR) is 97.8 cm³/mol. The van der Waals surface area contributed by atoms with Gasteiger partial charge in [0.15, 0.2) is 0 Å². The van der Waals surface area contributed by atoms with E-state index < -0.39 is 0 Å². The number of piperidine rings is 1. The molecule has 0 spiro atoms. The summed E-state index contributed by atoms with van der Waals surface area (Å²) in [6.07, 6.45) is 7.09. The number of nitrogens with one attached hydrogen (secondary N) is 1. The maximum atomic E-state index is 12.8. The summed E-state index contributed by atoms with van der Waals surface area (Å²) >= 11 is 0. The van der Waals surface area contributed by atoms with Crippen molar-refractivity contribution in [1.29, 1.82) is 0 Å². The minimum Gasteiger partial charge on any atom is -0.497 e. The SMILES string of the molecule is COc1cccc(CC(NC(=O)N2CCCCC2CCO)C2CC2)c1. The van der Waals surface area contributed by atoms with Gasteiger partial charge < -0.3 is 20.1 Å². The largest absolute Gasteiger partial charge is 0.497 e. The van der Waals surface area contributed by atoms with Crippen LogP contribution >= 0.6 is 0 Å². The molecule has 3 rings (SSSR count). The van der Waals surface area contributed by atoms with Crippen LogP contribution in [-0.4, -0.2) is 48.4 Å². The molecule has 2 N–H and O–H groups in total. The maximum Gasteiger partial charge on any atom is 0.317 e. The Balaban J connectivity index is 1.63. The topological polar surface area (TPSA) is 61.8 Å². The van der Waals surface area contributed by atoms with Gasteiger partial charge in [-0.3, -0.25) is 0 Å². The Bertz CT molecular complexity index is 572. The van der Waals surface area contributed by atoms with Crippen molar-refractivity contribution in [3.8, 4) is 5.75 Å². The van der Waals surface area contributed by atoms with E-state index in [1.54, 1.807) is 7.11 Å². The minimum atomic E-state index is 0.0398. The fraction of sp³-hybridized carbons (Fsp3) is 0.650. The first-order valence-corrected chi connectivity index (χ1v) is 9.52. The number of hydrogen-bond acceptors (Lipinski definition) is 3. The van der Waals surface area contributed by atoms with E-state index in [0.717, 1.165) is 38.0 Å². The van der Waals surface area contributed by atoms with E-state index >= 15 is 0 Å². The third-order valence-electron chi connectivity index (χ3n) is 5.44. The summed E-state index contributed by atoms with van der Waals surface area (Å²) in [7, 11) is 1.68. The number of carbonyl (C=O) groups excluding carboxylic acids is 1. The molecule has 2 atom stereocenters. The second kappa shape index (κ2) is 8.56. The Kier molecular flexibility index (Phi) is 6.19. The zero-order valence-corrected chi connectivity index (χ0v) is 15.1. The molecule has 2 unspecified atom stereocenters. The summed E-state index contributed by atoms with van der Waals surface area (Å²) in [5.74, 6) is 1.44. The lowest BCUT2D eigenvalue weighted by Crippen LogP contribution is -2.52. The van der Waals surface area contributed by atoms with E-state index in [1.165, 1.54) is 18.4 Å². The number of ether oxygens (including phenoxy) is 1. The van der Waals surface area contributed by atoms with Gasteiger partial charge in [0.1, 0.15) is 5.75 Å². The first-order valence-electron chi connectivity index (χ1n) is 9.52. The normalized spacial score (nSPS) is 21.7. The third-order valence-corrected chi connectivity index (χ3v) is 5.44. The highest BCUT2D eigenvalue weighted by Crippen LogP contribution is 2.34. The molecule has 0 radical (unpaired) electrons. The molecule has 1 heterocycles. The number of likely N-dealkylation sites (tertiary alicyclic amines) is 1. The van der Waals surface area contributed by atoms with Crippen LogP contribution in [0.2, 0.25) is 0 Å². The predicted octanol–water partition coefficient (Wildman–Crippen LogP) is 2.96. The maximum absolute atomic E-state index is 12.8. The Morgan fingerprint density at radius 2 is 2.20 bits per heavy atom. The number of urea groups is 1. The second-order valence-electron chi connectivity index (χ2n) is 7.30. The summed E-state index contributed by atoms with van der Waals surface area (Å²) in [6.45, 7) is 0.942. The second-order valence-corrected chi connectivity index (χ2v) is 7.30. The average molecular weight is 346 g/mol. The number of aliphatic hydroxyl groups excluding tert-OH is 1. The lowest BCUT2D eigenvalue weighted by Gasteiger charge is -2.36. The van der Waals surface area contributed by atoms with Crippen LogP contribution in [0.25, 0.3) is 0 Å². The van der Waals surface area contributed by atoms with Gasteiger partial charge in [0.2, 0.25) is 0 Å². The number of rotatable bonds is 7. The molecule has 2 aliphatic rings. The number of nitrogens with zero attached hydrogens (tertiary/aromatic N) is 1. The van der Waals surface area contributed by atoms with Crippen LogP contribution in [0.4, 0.5) is 4.79 Å². The molecule has 0 bridgehead atoms. The molecule has 2 amide bonds. The van der Waals surface area contributed by atoms with E-state index in [0.29, 0.717) is 12.3 Å². The standard InChI is InChI=1S/C20H30N2O3/c1-25-18-7-4-5-15(13-18)14-19(16-8-9-16)21-20(24)22-11-3-2-6-17(22)10-12-23/h4-5,7,13,16-17,19,23H,2-3,6,8-12,14H2,1H3,(H,21,24). The highest BCUT2D eigenvalue weighted by Gasteiger charge is 2.35. The highest BCUT2D eigenvalue weighted by atomic mass is 16.5. The minimum absolute atomic E-state index is 0.0398.